The van der Waals surface area contributed by atoms with Crippen molar-refractivity contribution in [2.45, 2.75) is 43.4 Å². The fraction of sp³-hybridized carbons (Fsp3) is 0.318. The molecule has 0 aliphatic heterocycles. The van der Waals surface area contributed by atoms with E-state index in [0.717, 1.165) is 23.3 Å². The molecule has 0 unspecified atom stereocenters. The van der Waals surface area contributed by atoms with Crippen LogP contribution in [0.1, 0.15) is 44.1 Å². The van der Waals surface area contributed by atoms with E-state index < -0.39 is 0 Å². The van der Waals surface area contributed by atoms with Crippen LogP contribution in [0, 0.1) is 17.3 Å². The van der Waals surface area contributed by atoms with Crippen molar-refractivity contribution in [1.82, 2.24) is 0 Å². The van der Waals surface area contributed by atoms with Gasteiger partial charge in [0.15, 0.2) is 5.12 Å². The second kappa shape index (κ2) is 8.22. The van der Waals surface area contributed by atoms with E-state index in [1.165, 1.54) is 31.0 Å². The number of rotatable bonds is 3. The molecule has 0 atom stereocenters. The third-order valence-electron chi connectivity index (χ3n) is 4.51. The molecule has 0 heterocycles. The average molecular weight is 334 g/mol. The molecule has 1 saturated carbocycles. The monoisotopic (exact) mass is 334 g/mol. The van der Waals surface area contributed by atoms with Crippen molar-refractivity contribution >= 4 is 16.9 Å². The Morgan fingerprint density at radius 1 is 0.917 bits per heavy atom. The molecule has 3 rings (SSSR count). The maximum atomic E-state index is 12.6. The molecule has 122 valence electrons. The van der Waals surface area contributed by atoms with Crippen LogP contribution in [0.4, 0.5) is 0 Å². The van der Waals surface area contributed by atoms with E-state index in [4.69, 9.17) is 0 Å². The Kier molecular flexibility index (Phi) is 5.77. The summed E-state index contributed by atoms with van der Waals surface area (Å²) in [5.41, 5.74) is 0.887. The van der Waals surface area contributed by atoms with Crippen molar-refractivity contribution in [3.63, 3.8) is 0 Å². The summed E-state index contributed by atoms with van der Waals surface area (Å²) in [5.74, 6) is 6.80. The van der Waals surface area contributed by atoms with E-state index in [9.17, 15) is 4.79 Å². The van der Waals surface area contributed by atoms with Gasteiger partial charge in [-0.15, -0.1) is 0 Å². The lowest BCUT2D eigenvalue weighted by Crippen LogP contribution is -2.25. The highest BCUT2D eigenvalue weighted by Gasteiger charge is 2.32. The standard InChI is InChI=1S/C22H22OS/c23-21(24-20-12-6-2-7-13-20)18-22(15-8-3-9-16-22)17-14-19-10-4-1-5-11-19/h1-2,4-7,10-13H,3,8-9,15-16,18H2. The third kappa shape index (κ3) is 4.76. The van der Waals surface area contributed by atoms with Gasteiger partial charge < -0.3 is 0 Å². The quantitative estimate of drug-likeness (QED) is 0.529. The summed E-state index contributed by atoms with van der Waals surface area (Å²) in [6.45, 7) is 0. The lowest BCUT2D eigenvalue weighted by molar-refractivity contribution is -0.112. The summed E-state index contributed by atoms with van der Waals surface area (Å²) in [6.07, 6.45) is 6.22. The summed E-state index contributed by atoms with van der Waals surface area (Å²) in [4.78, 5) is 13.6. The van der Waals surface area contributed by atoms with Crippen molar-refractivity contribution < 1.29 is 4.79 Å². The maximum absolute atomic E-state index is 12.6. The molecule has 24 heavy (non-hydrogen) atoms. The number of hydrogen-bond acceptors (Lipinski definition) is 2. The maximum Gasteiger partial charge on any atom is 0.195 e. The van der Waals surface area contributed by atoms with E-state index in [2.05, 4.69) is 11.8 Å². The van der Waals surface area contributed by atoms with Crippen LogP contribution in [0.2, 0.25) is 0 Å². The number of carbonyl (C=O) groups excluding carboxylic acids is 1. The van der Waals surface area contributed by atoms with Crippen LogP contribution >= 0.6 is 11.8 Å². The Hall–Kier alpha value is -1.98. The Balaban J connectivity index is 1.74. The highest BCUT2D eigenvalue weighted by Crippen LogP contribution is 2.41. The van der Waals surface area contributed by atoms with Crippen LogP contribution < -0.4 is 0 Å². The van der Waals surface area contributed by atoms with E-state index in [-0.39, 0.29) is 10.5 Å². The Bertz CT molecular complexity index is 719. The summed E-state index contributed by atoms with van der Waals surface area (Å²) < 4.78 is 0. The van der Waals surface area contributed by atoms with Gasteiger partial charge in [0, 0.05) is 22.3 Å². The first kappa shape index (κ1) is 16.9. The van der Waals surface area contributed by atoms with Crippen molar-refractivity contribution in [2.24, 2.45) is 5.41 Å². The zero-order chi connectivity index (χ0) is 16.7. The SMILES string of the molecule is O=C(CC1(C#Cc2ccccc2)CCCCC1)Sc1ccccc1. The van der Waals surface area contributed by atoms with Crippen LogP contribution in [0.25, 0.3) is 0 Å². The molecule has 1 aliphatic carbocycles. The molecule has 0 bridgehead atoms. The van der Waals surface area contributed by atoms with E-state index in [1.54, 1.807) is 0 Å². The van der Waals surface area contributed by atoms with Gasteiger partial charge in [0.05, 0.1) is 0 Å². The molecule has 2 aromatic rings. The molecule has 2 aromatic carbocycles. The lowest BCUT2D eigenvalue weighted by Gasteiger charge is -2.31. The number of hydrogen-bond donors (Lipinski definition) is 0. The highest BCUT2D eigenvalue weighted by atomic mass is 32.2. The summed E-state index contributed by atoms with van der Waals surface area (Å²) in [6, 6.07) is 20.0. The van der Waals surface area contributed by atoms with E-state index in [0.29, 0.717) is 6.42 Å². The van der Waals surface area contributed by atoms with Gasteiger partial charge in [-0.2, -0.15) is 0 Å². The predicted molar refractivity (Wildman–Crippen MR) is 101 cm³/mol. The second-order valence-electron chi connectivity index (χ2n) is 6.42. The minimum absolute atomic E-state index is 0.146. The molecular weight excluding hydrogens is 312 g/mol. The molecule has 0 aromatic heterocycles. The van der Waals surface area contributed by atoms with Crippen molar-refractivity contribution in [3.05, 3.63) is 66.2 Å². The number of carbonyl (C=O) groups is 1. The first-order valence-corrected chi connectivity index (χ1v) is 9.41. The van der Waals surface area contributed by atoms with Gasteiger partial charge in [0.1, 0.15) is 0 Å². The fourth-order valence-corrected chi connectivity index (χ4v) is 4.14. The third-order valence-corrected chi connectivity index (χ3v) is 5.39. The van der Waals surface area contributed by atoms with E-state index >= 15 is 0 Å². The normalized spacial score (nSPS) is 16.0. The van der Waals surface area contributed by atoms with Gasteiger partial charge in [-0.05, 0) is 37.1 Å². The zero-order valence-electron chi connectivity index (χ0n) is 13.8. The van der Waals surface area contributed by atoms with Crippen LogP contribution in [-0.4, -0.2) is 5.12 Å². The zero-order valence-corrected chi connectivity index (χ0v) is 14.6. The summed E-state index contributed by atoms with van der Waals surface area (Å²) in [5, 5.41) is 0.227. The molecule has 0 amide bonds. The van der Waals surface area contributed by atoms with Crippen LogP contribution in [0.3, 0.4) is 0 Å². The Morgan fingerprint density at radius 3 is 2.21 bits per heavy atom. The molecule has 1 fully saturated rings. The Morgan fingerprint density at radius 2 is 1.54 bits per heavy atom. The predicted octanol–water partition coefficient (Wildman–Crippen LogP) is 5.70. The molecular formula is C22H22OS. The van der Waals surface area contributed by atoms with Crippen molar-refractivity contribution in [3.8, 4) is 11.8 Å². The molecule has 2 heteroatoms. The summed E-state index contributed by atoms with van der Waals surface area (Å²) >= 11 is 1.35. The average Bonchev–Trinajstić information content (AvgIpc) is 2.62. The van der Waals surface area contributed by atoms with Gasteiger partial charge in [0.2, 0.25) is 0 Å². The topological polar surface area (TPSA) is 17.1 Å². The minimum atomic E-state index is -0.146. The van der Waals surface area contributed by atoms with Crippen LogP contribution in [0.15, 0.2) is 65.6 Å². The molecule has 1 aliphatic rings. The lowest BCUT2D eigenvalue weighted by atomic mass is 9.72. The van der Waals surface area contributed by atoms with Gasteiger partial charge in [-0.25, -0.2) is 0 Å². The van der Waals surface area contributed by atoms with Crippen molar-refractivity contribution in [1.29, 1.82) is 0 Å². The first-order chi connectivity index (χ1) is 11.8. The van der Waals surface area contributed by atoms with Crippen LogP contribution in [0.5, 0.6) is 0 Å². The number of thioether (sulfide) groups is 1. The van der Waals surface area contributed by atoms with Gasteiger partial charge in [-0.1, -0.05) is 79.3 Å². The molecule has 0 saturated heterocycles. The van der Waals surface area contributed by atoms with E-state index in [1.807, 2.05) is 60.7 Å². The Labute approximate surface area is 148 Å². The molecule has 1 nitrogen and oxygen atoms in total. The van der Waals surface area contributed by atoms with Crippen LogP contribution in [-0.2, 0) is 4.79 Å². The van der Waals surface area contributed by atoms with Gasteiger partial charge in [0.25, 0.3) is 0 Å². The first-order valence-electron chi connectivity index (χ1n) is 8.60. The molecule has 0 spiro atoms. The molecule has 0 radical (unpaired) electrons. The van der Waals surface area contributed by atoms with Gasteiger partial charge >= 0.3 is 0 Å². The molecule has 0 N–H and O–H groups in total. The van der Waals surface area contributed by atoms with Crippen molar-refractivity contribution in [2.75, 3.05) is 0 Å². The smallest absolute Gasteiger partial charge is 0.195 e. The fourth-order valence-electron chi connectivity index (χ4n) is 3.23. The number of benzene rings is 2. The van der Waals surface area contributed by atoms with Gasteiger partial charge in [-0.3, -0.25) is 4.79 Å². The highest BCUT2D eigenvalue weighted by molar-refractivity contribution is 8.13. The largest absolute Gasteiger partial charge is 0.287 e. The minimum Gasteiger partial charge on any atom is -0.287 e. The summed E-state index contributed by atoms with van der Waals surface area (Å²) in [7, 11) is 0. The second-order valence-corrected chi connectivity index (χ2v) is 7.55.